The Hall–Kier alpha value is -2.74. The van der Waals surface area contributed by atoms with Gasteiger partial charge < -0.3 is 14.4 Å². The first-order chi connectivity index (χ1) is 12.9. The number of carbonyl (C=O) groups is 1. The van der Waals surface area contributed by atoms with Crippen LogP contribution in [0.4, 0.5) is 11.4 Å². The number of rotatable bonds is 6. The molecule has 1 aliphatic rings. The number of carbonyl (C=O) groups excluding carboxylic acids is 1. The maximum absolute atomic E-state index is 12.8. The van der Waals surface area contributed by atoms with E-state index in [1.807, 2.05) is 0 Å². The van der Waals surface area contributed by atoms with Crippen LogP contribution in [0.3, 0.4) is 0 Å². The van der Waals surface area contributed by atoms with E-state index in [-0.39, 0.29) is 10.8 Å². The molecule has 1 saturated heterocycles. The first-order valence-electron chi connectivity index (χ1n) is 8.51. The second-order valence-corrected chi connectivity index (χ2v) is 7.92. The van der Waals surface area contributed by atoms with E-state index < -0.39 is 10.0 Å². The maximum atomic E-state index is 12.8. The summed E-state index contributed by atoms with van der Waals surface area (Å²) in [7, 11) is -0.747. The second kappa shape index (κ2) is 7.48. The van der Waals surface area contributed by atoms with Crippen molar-refractivity contribution < 1.29 is 22.7 Å². The Balaban J connectivity index is 1.94. The van der Waals surface area contributed by atoms with Crippen LogP contribution in [0.1, 0.15) is 18.4 Å². The topological polar surface area (TPSA) is 84.9 Å². The molecular formula is C19H22N2O5S. The lowest BCUT2D eigenvalue weighted by Gasteiger charge is -2.20. The smallest absolute Gasteiger partial charge is 0.262 e. The predicted molar refractivity (Wildman–Crippen MR) is 103 cm³/mol. The van der Waals surface area contributed by atoms with E-state index in [1.165, 1.54) is 20.3 Å². The van der Waals surface area contributed by atoms with Gasteiger partial charge in [-0.25, -0.2) is 8.42 Å². The number of hydrogen-bond acceptors (Lipinski definition) is 5. The van der Waals surface area contributed by atoms with Crippen LogP contribution in [0.5, 0.6) is 11.5 Å². The van der Waals surface area contributed by atoms with Gasteiger partial charge in [0.05, 0.1) is 30.5 Å². The van der Waals surface area contributed by atoms with Crippen LogP contribution in [0.2, 0.25) is 0 Å². The summed E-state index contributed by atoms with van der Waals surface area (Å²) in [5, 5.41) is 0. The van der Waals surface area contributed by atoms with Gasteiger partial charge in [0.1, 0.15) is 11.5 Å². The van der Waals surface area contributed by atoms with Crippen LogP contribution in [0.25, 0.3) is 0 Å². The second-order valence-electron chi connectivity index (χ2n) is 6.27. The van der Waals surface area contributed by atoms with Gasteiger partial charge >= 0.3 is 0 Å². The molecule has 0 atom stereocenters. The molecular weight excluding hydrogens is 368 g/mol. The number of sulfonamides is 1. The zero-order valence-electron chi connectivity index (χ0n) is 15.5. The number of nitrogens with one attached hydrogen (secondary N) is 1. The van der Waals surface area contributed by atoms with Crippen molar-refractivity contribution in [3.8, 4) is 11.5 Å². The molecule has 1 fully saturated rings. The van der Waals surface area contributed by atoms with Crippen molar-refractivity contribution in [3.05, 3.63) is 42.0 Å². The van der Waals surface area contributed by atoms with Crippen molar-refractivity contribution in [1.29, 1.82) is 0 Å². The highest BCUT2D eigenvalue weighted by atomic mass is 32.2. The molecule has 0 aromatic heterocycles. The highest BCUT2D eigenvalue weighted by Crippen LogP contribution is 2.35. The summed E-state index contributed by atoms with van der Waals surface area (Å²) in [5.41, 5.74) is 1.50. The third-order valence-corrected chi connectivity index (χ3v) is 6.01. The van der Waals surface area contributed by atoms with Crippen LogP contribution in [0.15, 0.2) is 41.3 Å². The molecule has 1 N–H and O–H groups in total. The summed E-state index contributed by atoms with van der Waals surface area (Å²) in [6.45, 7) is 2.29. The molecule has 0 radical (unpaired) electrons. The number of benzene rings is 2. The Morgan fingerprint density at radius 3 is 2.44 bits per heavy atom. The SMILES string of the molecule is COc1ccc(S(=O)(=O)Nc2ccc(OC)c(N3CCCC3=O)c2)c(C)c1. The van der Waals surface area contributed by atoms with Gasteiger partial charge in [-0.1, -0.05) is 0 Å². The zero-order chi connectivity index (χ0) is 19.6. The Kier molecular flexibility index (Phi) is 5.27. The molecule has 0 aliphatic carbocycles. The van der Waals surface area contributed by atoms with E-state index in [1.54, 1.807) is 42.2 Å². The summed E-state index contributed by atoms with van der Waals surface area (Å²) in [6.07, 6.45) is 1.24. The Bertz CT molecular complexity index is 972. The molecule has 27 heavy (non-hydrogen) atoms. The van der Waals surface area contributed by atoms with Crippen molar-refractivity contribution in [2.45, 2.75) is 24.7 Å². The normalized spacial score (nSPS) is 14.3. The fraction of sp³-hybridized carbons (Fsp3) is 0.316. The van der Waals surface area contributed by atoms with Crippen LogP contribution in [-0.2, 0) is 14.8 Å². The molecule has 0 saturated carbocycles. The Morgan fingerprint density at radius 2 is 1.85 bits per heavy atom. The third kappa shape index (κ3) is 3.85. The number of ether oxygens (including phenoxy) is 2. The fourth-order valence-electron chi connectivity index (χ4n) is 3.13. The molecule has 2 aromatic rings. The summed E-state index contributed by atoms with van der Waals surface area (Å²) in [5.74, 6) is 1.11. The third-order valence-electron chi connectivity index (χ3n) is 4.47. The maximum Gasteiger partial charge on any atom is 0.262 e. The summed E-state index contributed by atoms with van der Waals surface area (Å²) < 4.78 is 38.7. The van der Waals surface area contributed by atoms with E-state index in [4.69, 9.17) is 9.47 Å². The van der Waals surface area contributed by atoms with Gasteiger partial charge in [0.15, 0.2) is 0 Å². The number of hydrogen-bond donors (Lipinski definition) is 1. The monoisotopic (exact) mass is 390 g/mol. The lowest BCUT2D eigenvalue weighted by Crippen LogP contribution is -2.24. The van der Waals surface area contributed by atoms with Gasteiger partial charge in [-0.3, -0.25) is 9.52 Å². The van der Waals surface area contributed by atoms with Gasteiger partial charge in [0.25, 0.3) is 10.0 Å². The molecule has 0 bridgehead atoms. The largest absolute Gasteiger partial charge is 0.497 e. The summed E-state index contributed by atoms with van der Waals surface area (Å²) >= 11 is 0. The highest BCUT2D eigenvalue weighted by molar-refractivity contribution is 7.92. The van der Waals surface area contributed by atoms with Gasteiger partial charge in [0.2, 0.25) is 5.91 Å². The van der Waals surface area contributed by atoms with Crippen molar-refractivity contribution in [2.75, 3.05) is 30.4 Å². The number of aryl methyl sites for hydroxylation is 1. The van der Waals surface area contributed by atoms with Crippen molar-refractivity contribution in [1.82, 2.24) is 0 Å². The van der Waals surface area contributed by atoms with Crippen molar-refractivity contribution >= 4 is 27.3 Å². The number of amides is 1. The molecule has 1 amide bonds. The predicted octanol–water partition coefficient (Wildman–Crippen LogP) is 2.94. The minimum atomic E-state index is -3.79. The molecule has 1 heterocycles. The standard InChI is InChI=1S/C19H22N2O5S/c1-13-11-15(25-2)7-9-18(13)27(23,24)20-14-6-8-17(26-3)16(12-14)21-10-4-5-19(21)22/h6-9,11-12,20H,4-5,10H2,1-3H3. The first-order valence-corrected chi connectivity index (χ1v) is 10.00. The van der Waals surface area contributed by atoms with Crippen LogP contribution < -0.4 is 19.1 Å². The van der Waals surface area contributed by atoms with E-state index >= 15 is 0 Å². The molecule has 8 heteroatoms. The molecule has 2 aromatic carbocycles. The Labute approximate surface area is 158 Å². The zero-order valence-corrected chi connectivity index (χ0v) is 16.3. The average molecular weight is 390 g/mol. The summed E-state index contributed by atoms with van der Waals surface area (Å²) in [4.78, 5) is 13.9. The van der Waals surface area contributed by atoms with Gasteiger partial charge in [-0.2, -0.15) is 0 Å². The van der Waals surface area contributed by atoms with Crippen LogP contribution >= 0.6 is 0 Å². The lowest BCUT2D eigenvalue weighted by atomic mass is 10.2. The Morgan fingerprint density at radius 1 is 1.07 bits per heavy atom. The highest BCUT2D eigenvalue weighted by Gasteiger charge is 2.25. The first kappa shape index (κ1) is 19.0. The summed E-state index contributed by atoms with van der Waals surface area (Å²) in [6, 6.07) is 9.66. The minimum Gasteiger partial charge on any atom is -0.497 e. The van der Waals surface area contributed by atoms with Crippen LogP contribution in [0, 0.1) is 6.92 Å². The van der Waals surface area contributed by atoms with Crippen molar-refractivity contribution in [2.24, 2.45) is 0 Å². The van der Waals surface area contributed by atoms with Gasteiger partial charge in [-0.15, -0.1) is 0 Å². The molecule has 7 nitrogen and oxygen atoms in total. The van der Waals surface area contributed by atoms with Crippen molar-refractivity contribution in [3.63, 3.8) is 0 Å². The molecule has 0 spiro atoms. The average Bonchev–Trinajstić information content (AvgIpc) is 3.06. The van der Waals surface area contributed by atoms with E-state index in [0.717, 1.165) is 6.42 Å². The minimum absolute atomic E-state index is 0.000643. The van der Waals surface area contributed by atoms with E-state index in [2.05, 4.69) is 4.72 Å². The number of methoxy groups -OCH3 is 2. The van der Waals surface area contributed by atoms with Gasteiger partial charge in [-0.05, 0) is 55.3 Å². The van der Waals surface area contributed by atoms with Gasteiger partial charge in [0, 0.05) is 13.0 Å². The fourth-order valence-corrected chi connectivity index (χ4v) is 4.40. The number of nitrogens with zero attached hydrogens (tertiary/aromatic N) is 1. The lowest BCUT2D eigenvalue weighted by molar-refractivity contribution is -0.117. The molecule has 1 aliphatic heterocycles. The quantitative estimate of drug-likeness (QED) is 0.820. The molecule has 0 unspecified atom stereocenters. The van der Waals surface area contributed by atoms with E-state index in [9.17, 15) is 13.2 Å². The molecule has 3 rings (SSSR count). The van der Waals surface area contributed by atoms with Crippen LogP contribution in [-0.4, -0.2) is 35.1 Å². The molecule has 144 valence electrons. The number of anilines is 2. The van der Waals surface area contributed by atoms with E-state index in [0.29, 0.717) is 41.4 Å².